The zero-order valence-corrected chi connectivity index (χ0v) is 15.6. The molecule has 0 aromatic heterocycles. The van der Waals surface area contributed by atoms with Crippen LogP contribution in [-0.4, -0.2) is 26.2 Å². The highest BCUT2D eigenvalue weighted by molar-refractivity contribution is 5.77. The van der Waals surface area contributed by atoms with Gasteiger partial charge in [-0.1, -0.05) is 43.2 Å². The monoisotopic (exact) mass is 353 g/mol. The van der Waals surface area contributed by atoms with Crippen LogP contribution in [0.15, 0.2) is 48.5 Å². The molecule has 1 aliphatic rings. The molecule has 0 unspecified atom stereocenters. The maximum Gasteiger partial charge on any atom is 0.257 e. The molecule has 3 rings (SSSR count). The van der Waals surface area contributed by atoms with Crippen LogP contribution >= 0.6 is 0 Å². The molecule has 138 valence electrons. The summed E-state index contributed by atoms with van der Waals surface area (Å²) in [5, 5.41) is 3.08. The first-order valence-corrected chi connectivity index (χ1v) is 9.23. The summed E-state index contributed by atoms with van der Waals surface area (Å²) in [5.74, 6) is 1.53. The Morgan fingerprint density at radius 1 is 1.12 bits per heavy atom. The molecule has 26 heavy (non-hydrogen) atoms. The third-order valence-corrected chi connectivity index (χ3v) is 5.22. The molecule has 0 saturated heterocycles. The zero-order chi connectivity index (χ0) is 18.4. The molecule has 0 heterocycles. The number of carbonyl (C=O) groups excluding carboxylic acids is 1. The van der Waals surface area contributed by atoms with E-state index in [1.165, 1.54) is 18.4 Å². The summed E-state index contributed by atoms with van der Waals surface area (Å²) >= 11 is 0. The van der Waals surface area contributed by atoms with Crippen LogP contribution in [0, 0.1) is 6.92 Å². The van der Waals surface area contributed by atoms with Crippen molar-refractivity contribution in [3.63, 3.8) is 0 Å². The summed E-state index contributed by atoms with van der Waals surface area (Å²) in [5.41, 5.74) is 2.26. The number of hydrogen-bond donors (Lipinski definition) is 1. The summed E-state index contributed by atoms with van der Waals surface area (Å²) in [6, 6.07) is 15.9. The number of benzene rings is 2. The van der Waals surface area contributed by atoms with E-state index >= 15 is 0 Å². The van der Waals surface area contributed by atoms with E-state index in [1.807, 2.05) is 49.4 Å². The topological polar surface area (TPSA) is 47.6 Å². The van der Waals surface area contributed by atoms with E-state index in [2.05, 4.69) is 11.4 Å². The maximum absolute atomic E-state index is 12.3. The van der Waals surface area contributed by atoms with Gasteiger partial charge in [-0.25, -0.2) is 0 Å². The van der Waals surface area contributed by atoms with Crippen molar-refractivity contribution in [3.05, 3.63) is 59.7 Å². The molecule has 1 amide bonds. The Kier molecular flexibility index (Phi) is 5.82. The van der Waals surface area contributed by atoms with E-state index in [0.29, 0.717) is 6.54 Å². The van der Waals surface area contributed by atoms with Gasteiger partial charge in [-0.2, -0.15) is 0 Å². The highest BCUT2D eigenvalue weighted by Gasteiger charge is 2.37. The molecule has 2 aromatic rings. The van der Waals surface area contributed by atoms with E-state index in [9.17, 15) is 4.79 Å². The van der Waals surface area contributed by atoms with Crippen molar-refractivity contribution in [3.8, 4) is 11.5 Å². The molecule has 0 bridgehead atoms. The Morgan fingerprint density at radius 2 is 1.88 bits per heavy atom. The Labute approximate surface area is 155 Å². The standard InChI is InChI=1S/C22H27NO3/c1-17-8-7-9-18(14-17)26-15-21(24)23-16-22(12-5-6-13-22)19-10-3-4-11-20(19)25-2/h3-4,7-11,14H,5-6,12-13,15-16H2,1-2H3,(H,23,24). The summed E-state index contributed by atoms with van der Waals surface area (Å²) in [6.45, 7) is 2.65. The first kappa shape index (κ1) is 18.3. The molecule has 0 aliphatic heterocycles. The molecule has 4 nitrogen and oxygen atoms in total. The fourth-order valence-electron chi connectivity index (χ4n) is 3.85. The van der Waals surface area contributed by atoms with Gasteiger partial charge in [0.1, 0.15) is 11.5 Å². The lowest BCUT2D eigenvalue weighted by molar-refractivity contribution is -0.123. The van der Waals surface area contributed by atoms with Crippen LogP contribution in [0.5, 0.6) is 11.5 Å². The smallest absolute Gasteiger partial charge is 0.257 e. The van der Waals surface area contributed by atoms with Gasteiger partial charge in [-0.15, -0.1) is 0 Å². The fraction of sp³-hybridized carbons (Fsp3) is 0.409. The number of aryl methyl sites for hydroxylation is 1. The SMILES string of the molecule is COc1ccccc1C1(CNC(=O)COc2cccc(C)c2)CCCC1. The molecule has 1 N–H and O–H groups in total. The second-order valence-electron chi connectivity index (χ2n) is 7.07. The average molecular weight is 353 g/mol. The van der Waals surface area contributed by atoms with Crippen LogP contribution in [0.3, 0.4) is 0 Å². The number of methoxy groups -OCH3 is 1. The number of para-hydroxylation sites is 1. The molecular weight excluding hydrogens is 326 g/mol. The van der Waals surface area contributed by atoms with Gasteiger partial charge in [0.05, 0.1) is 7.11 Å². The highest BCUT2D eigenvalue weighted by Crippen LogP contribution is 2.44. The summed E-state index contributed by atoms with van der Waals surface area (Å²) in [7, 11) is 1.70. The molecule has 1 fully saturated rings. The van der Waals surface area contributed by atoms with Crippen LogP contribution in [0.25, 0.3) is 0 Å². The van der Waals surface area contributed by atoms with Crippen molar-refractivity contribution >= 4 is 5.91 Å². The van der Waals surface area contributed by atoms with Crippen molar-refractivity contribution in [1.29, 1.82) is 0 Å². The first-order valence-electron chi connectivity index (χ1n) is 9.23. The Balaban J connectivity index is 1.63. The van der Waals surface area contributed by atoms with Crippen LogP contribution in [0.4, 0.5) is 0 Å². The van der Waals surface area contributed by atoms with Crippen LogP contribution in [0.2, 0.25) is 0 Å². The molecule has 1 aliphatic carbocycles. The Hall–Kier alpha value is -2.49. The minimum Gasteiger partial charge on any atom is -0.496 e. The molecule has 0 spiro atoms. The van der Waals surface area contributed by atoms with E-state index in [0.717, 1.165) is 29.9 Å². The summed E-state index contributed by atoms with van der Waals surface area (Å²) < 4.78 is 11.2. The second-order valence-corrected chi connectivity index (χ2v) is 7.07. The second kappa shape index (κ2) is 8.26. The van der Waals surface area contributed by atoms with Crippen molar-refractivity contribution in [1.82, 2.24) is 5.32 Å². The largest absolute Gasteiger partial charge is 0.496 e. The van der Waals surface area contributed by atoms with E-state index in [1.54, 1.807) is 7.11 Å². The quantitative estimate of drug-likeness (QED) is 0.818. The predicted molar refractivity (Wildman–Crippen MR) is 103 cm³/mol. The van der Waals surface area contributed by atoms with E-state index in [4.69, 9.17) is 9.47 Å². The normalized spacial score (nSPS) is 15.5. The van der Waals surface area contributed by atoms with Gasteiger partial charge in [0.25, 0.3) is 5.91 Å². The number of nitrogens with one attached hydrogen (secondary N) is 1. The lowest BCUT2D eigenvalue weighted by Gasteiger charge is -2.31. The van der Waals surface area contributed by atoms with Crippen molar-refractivity contribution in [2.45, 2.75) is 38.0 Å². The van der Waals surface area contributed by atoms with Crippen molar-refractivity contribution in [2.24, 2.45) is 0 Å². The van der Waals surface area contributed by atoms with E-state index < -0.39 is 0 Å². The molecule has 0 radical (unpaired) electrons. The molecule has 0 atom stereocenters. The average Bonchev–Trinajstić information content (AvgIpc) is 3.15. The molecular formula is C22H27NO3. The van der Waals surface area contributed by atoms with Gasteiger partial charge in [0.2, 0.25) is 0 Å². The fourth-order valence-corrected chi connectivity index (χ4v) is 3.85. The van der Waals surface area contributed by atoms with E-state index in [-0.39, 0.29) is 17.9 Å². The first-order chi connectivity index (χ1) is 12.6. The predicted octanol–water partition coefficient (Wildman–Crippen LogP) is 4.01. The van der Waals surface area contributed by atoms with Crippen LogP contribution in [-0.2, 0) is 10.2 Å². The Morgan fingerprint density at radius 3 is 2.62 bits per heavy atom. The van der Waals surface area contributed by atoms with Gasteiger partial charge in [-0.3, -0.25) is 4.79 Å². The Bertz CT molecular complexity index is 751. The number of carbonyl (C=O) groups is 1. The van der Waals surface area contributed by atoms with Gasteiger partial charge >= 0.3 is 0 Å². The lowest BCUT2D eigenvalue weighted by Crippen LogP contribution is -2.41. The van der Waals surface area contributed by atoms with Gasteiger partial charge in [0.15, 0.2) is 6.61 Å². The van der Waals surface area contributed by atoms with Gasteiger partial charge in [0, 0.05) is 17.5 Å². The number of ether oxygens (including phenoxy) is 2. The number of amides is 1. The maximum atomic E-state index is 12.3. The zero-order valence-electron chi connectivity index (χ0n) is 15.6. The lowest BCUT2D eigenvalue weighted by atomic mass is 9.78. The van der Waals surface area contributed by atoms with Crippen LogP contribution < -0.4 is 14.8 Å². The van der Waals surface area contributed by atoms with Crippen molar-refractivity contribution < 1.29 is 14.3 Å². The molecule has 1 saturated carbocycles. The van der Waals surface area contributed by atoms with Gasteiger partial charge < -0.3 is 14.8 Å². The third-order valence-electron chi connectivity index (χ3n) is 5.22. The number of hydrogen-bond acceptors (Lipinski definition) is 3. The molecule has 4 heteroatoms. The highest BCUT2D eigenvalue weighted by atomic mass is 16.5. The minimum absolute atomic E-state index is 0.0332. The third kappa shape index (κ3) is 4.18. The van der Waals surface area contributed by atoms with Crippen molar-refractivity contribution in [2.75, 3.05) is 20.3 Å². The summed E-state index contributed by atoms with van der Waals surface area (Å²) in [6.07, 6.45) is 4.47. The number of rotatable bonds is 7. The van der Waals surface area contributed by atoms with Gasteiger partial charge in [-0.05, 0) is 43.5 Å². The summed E-state index contributed by atoms with van der Waals surface area (Å²) in [4.78, 5) is 12.3. The van der Waals surface area contributed by atoms with Crippen LogP contribution in [0.1, 0.15) is 36.8 Å². The molecule has 2 aromatic carbocycles. The minimum atomic E-state index is -0.0901.